The zero-order chi connectivity index (χ0) is 15.6. The van der Waals surface area contributed by atoms with Gasteiger partial charge < -0.3 is 10.5 Å². The summed E-state index contributed by atoms with van der Waals surface area (Å²) < 4.78 is 5.68. The lowest BCUT2D eigenvalue weighted by molar-refractivity contribution is 0.0526. The molecule has 21 heavy (non-hydrogen) atoms. The highest BCUT2D eigenvalue weighted by atomic mass is 79.9. The molecule has 2 rings (SSSR count). The molecular weight excluding hydrogens is 358 g/mol. The van der Waals surface area contributed by atoms with Gasteiger partial charge in [0.25, 0.3) is 0 Å². The maximum absolute atomic E-state index is 11.8. The minimum Gasteiger partial charge on any atom is -0.462 e. The van der Waals surface area contributed by atoms with E-state index in [9.17, 15) is 4.79 Å². The number of esters is 1. The molecular formula is C14H13BrClN3O2. The number of nitrogens with two attached hydrogens (primary N) is 1. The Balaban J connectivity index is 2.48. The van der Waals surface area contributed by atoms with Crippen molar-refractivity contribution in [2.24, 2.45) is 0 Å². The Morgan fingerprint density at radius 2 is 2.14 bits per heavy atom. The Morgan fingerprint density at radius 1 is 1.43 bits per heavy atom. The SMILES string of the molecule is CCOC(=O)c1c(C)nc(-c2ccc(Cl)c(Br)c2)nc1N. The van der Waals surface area contributed by atoms with Crippen LogP contribution in [-0.2, 0) is 4.74 Å². The van der Waals surface area contributed by atoms with Gasteiger partial charge in [0, 0.05) is 10.0 Å². The van der Waals surface area contributed by atoms with Crippen molar-refractivity contribution in [1.29, 1.82) is 0 Å². The van der Waals surface area contributed by atoms with Gasteiger partial charge in [-0.2, -0.15) is 0 Å². The van der Waals surface area contributed by atoms with E-state index in [0.717, 1.165) is 10.0 Å². The first-order valence-corrected chi connectivity index (χ1v) is 7.37. The Labute approximate surface area is 135 Å². The molecule has 2 aromatic rings. The first-order valence-electron chi connectivity index (χ1n) is 6.20. The van der Waals surface area contributed by atoms with Gasteiger partial charge in [-0.15, -0.1) is 0 Å². The average molecular weight is 371 g/mol. The first kappa shape index (κ1) is 15.7. The van der Waals surface area contributed by atoms with Crippen molar-refractivity contribution >= 4 is 39.3 Å². The summed E-state index contributed by atoms with van der Waals surface area (Å²) in [4.78, 5) is 20.3. The maximum atomic E-state index is 11.8. The largest absolute Gasteiger partial charge is 0.462 e. The molecule has 0 unspecified atom stereocenters. The quantitative estimate of drug-likeness (QED) is 0.835. The van der Waals surface area contributed by atoms with Crippen LogP contribution in [0, 0.1) is 6.92 Å². The number of hydrogen-bond donors (Lipinski definition) is 1. The van der Waals surface area contributed by atoms with E-state index in [1.807, 2.05) is 0 Å². The van der Waals surface area contributed by atoms with Crippen LogP contribution >= 0.6 is 27.5 Å². The van der Waals surface area contributed by atoms with Crippen LogP contribution in [0.4, 0.5) is 5.82 Å². The highest BCUT2D eigenvalue weighted by molar-refractivity contribution is 9.10. The number of nitrogens with zero attached hydrogens (tertiary/aromatic N) is 2. The minimum atomic E-state index is -0.517. The molecule has 110 valence electrons. The fraction of sp³-hybridized carbons (Fsp3) is 0.214. The number of carbonyl (C=O) groups excluding carboxylic acids is 1. The Morgan fingerprint density at radius 3 is 2.71 bits per heavy atom. The van der Waals surface area contributed by atoms with E-state index in [1.54, 1.807) is 32.0 Å². The van der Waals surface area contributed by atoms with Gasteiger partial charge in [0.1, 0.15) is 11.4 Å². The van der Waals surface area contributed by atoms with E-state index >= 15 is 0 Å². The second-order valence-electron chi connectivity index (χ2n) is 4.24. The molecule has 2 N–H and O–H groups in total. The highest BCUT2D eigenvalue weighted by Gasteiger charge is 2.18. The summed E-state index contributed by atoms with van der Waals surface area (Å²) in [5, 5.41) is 0.589. The van der Waals surface area contributed by atoms with Crippen molar-refractivity contribution in [3.05, 3.63) is 39.0 Å². The zero-order valence-electron chi connectivity index (χ0n) is 11.5. The molecule has 0 aliphatic heterocycles. The number of halogens is 2. The molecule has 0 saturated carbocycles. The van der Waals surface area contributed by atoms with Crippen LogP contribution < -0.4 is 5.73 Å². The molecule has 1 heterocycles. The average Bonchev–Trinajstić information content (AvgIpc) is 2.41. The third-order valence-electron chi connectivity index (χ3n) is 2.78. The molecule has 0 aliphatic rings. The summed E-state index contributed by atoms with van der Waals surface area (Å²) in [5.41, 5.74) is 7.29. The number of nitrogen functional groups attached to an aromatic ring is 1. The Kier molecular flexibility index (Phi) is 4.80. The lowest BCUT2D eigenvalue weighted by Gasteiger charge is -2.10. The molecule has 0 bridgehead atoms. The van der Waals surface area contributed by atoms with Crippen LogP contribution in [0.3, 0.4) is 0 Å². The van der Waals surface area contributed by atoms with Gasteiger partial charge >= 0.3 is 5.97 Å². The lowest BCUT2D eigenvalue weighted by atomic mass is 10.1. The number of carbonyl (C=O) groups is 1. The smallest absolute Gasteiger partial charge is 0.343 e. The number of ether oxygens (including phenoxy) is 1. The number of hydrogen-bond acceptors (Lipinski definition) is 5. The monoisotopic (exact) mass is 369 g/mol. The van der Waals surface area contributed by atoms with Gasteiger partial charge in [-0.05, 0) is 48.0 Å². The van der Waals surface area contributed by atoms with E-state index in [2.05, 4.69) is 25.9 Å². The fourth-order valence-electron chi connectivity index (χ4n) is 1.81. The van der Waals surface area contributed by atoms with E-state index in [0.29, 0.717) is 16.5 Å². The van der Waals surface area contributed by atoms with Crippen LogP contribution in [0.1, 0.15) is 23.0 Å². The molecule has 1 aromatic carbocycles. The molecule has 7 heteroatoms. The first-order chi connectivity index (χ1) is 9.93. The van der Waals surface area contributed by atoms with Crippen LogP contribution in [0.15, 0.2) is 22.7 Å². The molecule has 5 nitrogen and oxygen atoms in total. The standard InChI is InChI=1S/C14H13BrClN3O2/c1-3-21-14(20)11-7(2)18-13(19-12(11)17)8-4-5-10(16)9(15)6-8/h4-6H,3H2,1-2H3,(H2,17,18,19). The van der Waals surface area contributed by atoms with Crippen LogP contribution in [-0.4, -0.2) is 22.5 Å². The highest BCUT2D eigenvalue weighted by Crippen LogP contribution is 2.28. The molecule has 0 amide bonds. The second-order valence-corrected chi connectivity index (χ2v) is 5.50. The molecule has 0 radical (unpaired) electrons. The number of anilines is 1. The summed E-state index contributed by atoms with van der Waals surface area (Å²) >= 11 is 9.30. The third kappa shape index (κ3) is 3.33. The number of rotatable bonds is 3. The lowest BCUT2D eigenvalue weighted by Crippen LogP contribution is -2.13. The Hall–Kier alpha value is -1.66. The molecule has 0 spiro atoms. The maximum Gasteiger partial charge on any atom is 0.343 e. The number of benzene rings is 1. The summed E-state index contributed by atoms with van der Waals surface area (Å²) in [6.07, 6.45) is 0. The van der Waals surface area contributed by atoms with E-state index < -0.39 is 5.97 Å². The molecule has 1 aromatic heterocycles. The van der Waals surface area contributed by atoms with Crippen molar-refractivity contribution in [3.8, 4) is 11.4 Å². The van der Waals surface area contributed by atoms with Gasteiger partial charge in [0.2, 0.25) is 0 Å². The van der Waals surface area contributed by atoms with Gasteiger partial charge in [0.05, 0.1) is 17.3 Å². The van der Waals surface area contributed by atoms with Gasteiger partial charge in [-0.1, -0.05) is 11.6 Å². The summed E-state index contributed by atoms with van der Waals surface area (Å²) in [7, 11) is 0. The topological polar surface area (TPSA) is 78.1 Å². The number of aromatic nitrogens is 2. The molecule has 0 fully saturated rings. The third-order valence-corrected chi connectivity index (χ3v) is 3.99. The fourth-order valence-corrected chi connectivity index (χ4v) is 2.31. The minimum absolute atomic E-state index is 0.0991. The van der Waals surface area contributed by atoms with Crippen LogP contribution in [0.25, 0.3) is 11.4 Å². The van der Waals surface area contributed by atoms with E-state index in [-0.39, 0.29) is 18.0 Å². The van der Waals surface area contributed by atoms with Crippen molar-refractivity contribution in [1.82, 2.24) is 9.97 Å². The predicted octanol–water partition coefficient (Wildman–Crippen LogP) is 3.63. The summed E-state index contributed by atoms with van der Waals surface area (Å²) in [6, 6.07) is 5.31. The predicted molar refractivity (Wildman–Crippen MR) is 85.3 cm³/mol. The summed E-state index contributed by atoms with van der Waals surface area (Å²) in [5.74, 6) is 0.00812. The van der Waals surface area contributed by atoms with E-state index in [1.165, 1.54) is 0 Å². The second kappa shape index (κ2) is 6.41. The van der Waals surface area contributed by atoms with Gasteiger partial charge in [-0.25, -0.2) is 14.8 Å². The summed E-state index contributed by atoms with van der Waals surface area (Å²) in [6.45, 7) is 3.69. The normalized spacial score (nSPS) is 10.5. The Bertz CT molecular complexity index is 684. The van der Waals surface area contributed by atoms with Crippen molar-refractivity contribution in [3.63, 3.8) is 0 Å². The van der Waals surface area contributed by atoms with Gasteiger partial charge in [-0.3, -0.25) is 0 Å². The van der Waals surface area contributed by atoms with Crippen molar-refractivity contribution in [2.45, 2.75) is 13.8 Å². The van der Waals surface area contributed by atoms with Crippen molar-refractivity contribution in [2.75, 3.05) is 12.3 Å². The number of aryl methyl sites for hydroxylation is 1. The molecule has 0 atom stereocenters. The molecule has 0 aliphatic carbocycles. The van der Waals surface area contributed by atoms with Crippen LogP contribution in [0.5, 0.6) is 0 Å². The van der Waals surface area contributed by atoms with Crippen molar-refractivity contribution < 1.29 is 9.53 Å². The van der Waals surface area contributed by atoms with E-state index in [4.69, 9.17) is 22.1 Å². The van der Waals surface area contributed by atoms with Crippen LogP contribution in [0.2, 0.25) is 5.02 Å². The zero-order valence-corrected chi connectivity index (χ0v) is 13.8. The van der Waals surface area contributed by atoms with Gasteiger partial charge in [0.15, 0.2) is 5.82 Å². The molecule has 0 saturated heterocycles.